The molecule has 0 spiro atoms. The van der Waals surface area contributed by atoms with Gasteiger partial charge in [-0.15, -0.1) is 0 Å². The average Bonchev–Trinajstić information content (AvgIpc) is 2.39. The molecule has 0 rings (SSSR count). The molecule has 0 atom stereocenters. The Labute approximate surface area is 127 Å². The zero-order valence-corrected chi connectivity index (χ0v) is 11.4. The number of halogens is 11. The lowest BCUT2D eigenvalue weighted by Crippen LogP contribution is -2.70. The van der Waals surface area contributed by atoms with Gasteiger partial charge in [0.2, 0.25) is 0 Å². The highest BCUT2D eigenvalue weighted by Crippen LogP contribution is 2.59. The van der Waals surface area contributed by atoms with Gasteiger partial charge >= 0.3 is 35.8 Å². The lowest BCUT2D eigenvalue weighted by atomic mass is 9.88. The van der Waals surface area contributed by atoms with Crippen molar-refractivity contribution >= 4 is 5.97 Å². The SMILES string of the molecule is C=CC(=O)OCCCC(F)(F)C(F)(F)C(F)(C(F)(F)F)C(F)(F)F. The summed E-state index contributed by atoms with van der Waals surface area (Å²) in [5.74, 6) is -14.4. The second kappa shape index (κ2) is 6.75. The van der Waals surface area contributed by atoms with Gasteiger partial charge in [-0.05, 0) is 6.42 Å². The van der Waals surface area contributed by atoms with Gasteiger partial charge in [0.25, 0.3) is 0 Å². The van der Waals surface area contributed by atoms with E-state index in [1.165, 1.54) is 0 Å². The van der Waals surface area contributed by atoms with Crippen molar-refractivity contribution in [3.63, 3.8) is 0 Å². The molecule has 0 saturated heterocycles. The highest BCUT2D eigenvalue weighted by Gasteiger charge is 2.89. The summed E-state index contributed by atoms with van der Waals surface area (Å²) in [5, 5.41) is 0. The summed E-state index contributed by atoms with van der Waals surface area (Å²) < 4.78 is 143. The van der Waals surface area contributed by atoms with E-state index in [4.69, 9.17) is 0 Å². The van der Waals surface area contributed by atoms with Crippen LogP contribution >= 0.6 is 0 Å². The average molecular weight is 382 g/mol. The summed E-state index contributed by atoms with van der Waals surface area (Å²) in [6, 6.07) is 0. The van der Waals surface area contributed by atoms with Crippen molar-refractivity contribution in [1.82, 2.24) is 0 Å². The molecule has 0 aliphatic rings. The minimum absolute atomic E-state index is 0.534. The summed E-state index contributed by atoms with van der Waals surface area (Å²) >= 11 is 0. The molecule has 0 radical (unpaired) electrons. The van der Waals surface area contributed by atoms with Gasteiger partial charge in [-0.3, -0.25) is 0 Å². The second-order valence-electron chi connectivity index (χ2n) is 4.41. The number of rotatable bonds is 7. The van der Waals surface area contributed by atoms with Crippen LogP contribution in [0.25, 0.3) is 0 Å². The Balaban J connectivity index is 5.49. The first-order valence-corrected chi connectivity index (χ1v) is 5.83. The van der Waals surface area contributed by atoms with Gasteiger partial charge in [-0.2, -0.15) is 43.9 Å². The first kappa shape index (κ1) is 22.4. The van der Waals surface area contributed by atoms with Crippen LogP contribution in [0.2, 0.25) is 0 Å². The predicted molar refractivity (Wildman–Crippen MR) is 56.2 cm³/mol. The van der Waals surface area contributed by atoms with Crippen LogP contribution in [0.15, 0.2) is 12.7 Å². The number of carbonyl (C=O) groups excluding carboxylic acids is 1. The van der Waals surface area contributed by atoms with Gasteiger partial charge in [0.15, 0.2) is 0 Å². The summed E-state index contributed by atoms with van der Waals surface area (Å²) in [5.41, 5.74) is -7.46. The summed E-state index contributed by atoms with van der Waals surface area (Å²) in [6.07, 6.45) is -17.7. The quantitative estimate of drug-likeness (QED) is 0.279. The van der Waals surface area contributed by atoms with Gasteiger partial charge in [0.05, 0.1) is 6.61 Å². The first-order chi connectivity index (χ1) is 10.5. The lowest BCUT2D eigenvalue weighted by molar-refractivity contribution is -0.427. The highest BCUT2D eigenvalue weighted by atomic mass is 19.4. The number of carbonyl (C=O) groups is 1. The van der Waals surface area contributed by atoms with Crippen molar-refractivity contribution in [2.75, 3.05) is 6.61 Å². The van der Waals surface area contributed by atoms with Crippen LogP contribution in [0, 0.1) is 0 Å². The highest BCUT2D eigenvalue weighted by molar-refractivity contribution is 5.81. The number of ether oxygens (including phenoxy) is 1. The van der Waals surface area contributed by atoms with Crippen molar-refractivity contribution in [3.8, 4) is 0 Å². The molecule has 0 saturated carbocycles. The van der Waals surface area contributed by atoms with Crippen molar-refractivity contribution in [3.05, 3.63) is 12.7 Å². The van der Waals surface area contributed by atoms with Crippen LogP contribution in [-0.2, 0) is 9.53 Å². The monoisotopic (exact) mass is 382 g/mol. The standard InChI is InChI=1S/C11H9F11O2/c1-2-6(23)24-5-3-4-7(12,13)9(15,16)8(14,10(17,18)19)11(20,21)22/h2H,1,3-5H2. The topological polar surface area (TPSA) is 26.3 Å². The van der Waals surface area contributed by atoms with E-state index in [0.29, 0.717) is 6.08 Å². The largest absolute Gasteiger partial charge is 0.463 e. The molecule has 0 aromatic carbocycles. The maximum atomic E-state index is 13.2. The van der Waals surface area contributed by atoms with Crippen LogP contribution in [0.3, 0.4) is 0 Å². The van der Waals surface area contributed by atoms with Crippen molar-refractivity contribution in [1.29, 1.82) is 0 Å². The Morgan fingerprint density at radius 2 is 1.29 bits per heavy atom. The number of hydrogen-bond donors (Lipinski definition) is 0. The summed E-state index contributed by atoms with van der Waals surface area (Å²) in [7, 11) is 0. The van der Waals surface area contributed by atoms with E-state index >= 15 is 0 Å². The molecular formula is C11H9F11O2. The number of alkyl halides is 11. The van der Waals surface area contributed by atoms with Gasteiger partial charge < -0.3 is 4.74 Å². The lowest BCUT2D eigenvalue weighted by Gasteiger charge is -2.39. The zero-order chi connectivity index (χ0) is 19.6. The molecule has 0 aliphatic carbocycles. The van der Waals surface area contributed by atoms with E-state index in [9.17, 15) is 53.1 Å². The normalized spacial score (nSPS) is 14.5. The first-order valence-electron chi connectivity index (χ1n) is 5.83. The molecule has 13 heteroatoms. The molecule has 0 heterocycles. The van der Waals surface area contributed by atoms with E-state index in [1.54, 1.807) is 0 Å². The fourth-order valence-electron chi connectivity index (χ4n) is 1.45. The van der Waals surface area contributed by atoms with Crippen molar-refractivity contribution < 1.29 is 57.8 Å². The van der Waals surface area contributed by atoms with Gasteiger partial charge in [0.1, 0.15) is 0 Å². The molecular weight excluding hydrogens is 373 g/mol. The smallest absolute Gasteiger partial charge is 0.438 e. The predicted octanol–water partition coefficient (Wildman–Crippen LogP) is 4.60. The van der Waals surface area contributed by atoms with E-state index in [2.05, 4.69) is 11.3 Å². The third kappa shape index (κ3) is 3.91. The Bertz CT molecular complexity index is 450. The van der Waals surface area contributed by atoms with E-state index < -0.39 is 55.3 Å². The zero-order valence-electron chi connectivity index (χ0n) is 11.4. The fraction of sp³-hybridized carbons (Fsp3) is 0.727. The third-order valence-electron chi connectivity index (χ3n) is 2.72. The molecule has 0 amide bonds. The minimum Gasteiger partial charge on any atom is -0.463 e. The van der Waals surface area contributed by atoms with Crippen LogP contribution in [0.4, 0.5) is 48.3 Å². The van der Waals surface area contributed by atoms with Crippen molar-refractivity contribution in [2.24, 2.45) is 0 Å². The maximum Gasteiger partial charge on any atom is 0.438 e. The molecule has 0 bridgehead atoms. The molecule has 2 nitrogen and oxygen atoms in total. The fourth-order valence-corrected chi connectivity index (χ4v) is 1.45. The van der Waals surface area contributed by atoms with E-state index in [-0.39, 0.29) is 0 Å². The molecule has 0 aromatic rings. The molecule has 142 valence electrons. The van der Waals surface area contributed by atoms with Crippen LogP contribution in [-0.4, -0.2) is 42.4 Å². The maximum absolute atomic E-state index is 13.2. The number of esters is 1. The van der Waals surface area contributed by atoms with Crippen molar-refractivity contribution in [2.45, 2.75) is 42.7 Å². The molecule has 0 fully saturated rings. The van der Waals surface area contributed by atoms with Crippen LogP contribution in [0.1, 0.15) is 12.8 Å². The molecule has 0 N–H and O–H groups in total. The second-order valence-corrected chi connectivity index (χ2v) is 4.41. The minimum atomic E-state index is -7.46. The third-order valence-corrected chi connectivity index (χ3v) is 2.72. The van der Waals surface area contributed by atoms with Crippen LogP contribution < -0.4 is 0 Å². The van der Waals surface area contributed by atoms with Gasteiger partial charge in [0, 0.05) is 12.5 Å². The summed E-state index contributed by atoms with van der Waals surface area (Å²) in [4.78, 5) is 10.5. The van der Waals surface area contributed by atoms with E-state index in [1.807, 2.05) is 0 Å². The Hall–Kier alpha value is -1.56. The number of hydrogen-bond acceptors (Lipinski definition) is 2. The Morgan fingerprint density at radius 3 is 1.62 bits per heavy atom. The van der Waals surface area contributed by atoms with Gasteiger partial charge in [-0.25, -0.2) is 9.18 Å². The molecule has 0 aliphatic heterocycles. The van der Waals surface area contributed by atoms with Crippen LogP contribution in [0.5, 0.6) is 0 Å². The Kier molecular flexibility index (Phi) is 6.31. The molecule has 24 heavy (non-hydrogen) atoms. The van der Waals surface area contributed by atoms with Gasteiger partial charge in [-0.1, -0.05) is 6.58 Å². The molecule has 0 unspecified atom stereocenters. The molecule has 0 aromatic heterocycles. The summed E-state index contributed by atoms with van der Waals surface area (Å²) in [6.45, 7) is 1.84. The Morgan fingerprint density at radius 1 is 0.875 bits per heavy atom. The van der Waals surface area contributed by atoms with E-state index in [0.717, 1.165) is 0 Å².